The molecule has 1 fully saturated rings. The zero-order valence-electron chi connectivity index (χ0n) is 31.6. The number of nitrogens with one attached hydrogen (secondary N) is 4. The number of likely N-dealkylation sites (tertiary alicyclic amines) is 1. The van der Waals surface area contributed by atoms with Crippen molar-refractivity contribution in [3.05, 3.63) is 83.9 Å². The van der Waals surface area contributed by atoms with E-state index in [9.17, 15) is 38.7 Å². The molecule has 0 spiro atoms. The number of piperidine rings is 1. The van der Waals surface area contributed by atoms with Crippen molar-refractivity contribution in [2.75, 3.05) is 24.3 Å². The highest BCUT2D eigenvalue weighted by Crippen LogP contribution is 2.32. The fourth-order valence-electron chi connectivity index (χ4n) is 7.49. The van der Waals surface area contributed by atoms with Crippen LogP contribution in [0.4, 0.5) is 10.5 Å². The summed E-state index contributed by atoms with van der Waals surface area (Å²) in [6.45, 7) is 0.377. The predicted molar refractivity (Wildman–Crippen MR) is 216 cm³/mol. The van der Waals surface area contributed by atoms with Gasteiger partial charge in [0.15, 0.2) is 5.78 Å². The van der Waals surface area contributed by atoms with Gasteiger partial charge in [-0.05, 0) is 84.6 Å². The number of hydrogen-bond acceptors (Lipinski definition) is 7. The van der Waals surface area contributed by atoms with Crippen LogP contribution in [0.15, 0.2) is 72.8 Å². The quantitative estimate of drug-likeness (QED) is 0.0758. The van der Waals surface area contributed by atoms with Crippen LogP contribution < -0.4 is 27.0 Å². The number of carbonyl (C=O) groups is 7. The third-order valence-corrected chi connectivity index (χ3v) is 10.7. The van der Waals surface area contributed by atoms with E-state index in [4.69, 9.17) is 17.3 Å². The van der Waals surface area contributed by atoms with Crippen LogP contribution in [0.25, 0.3) is 16.3 Å². The Bertz CT molecular complexity index is 2020. The number of urea groups is 1. The molecule has 1 saturated heterocycles. The molecular weight excluding hydrogens is 752 g/mol. The van der Waals surface area contributed by atoms with Gasteiger partial charge in [0.25, 0.3) is 0 Å². The van der Waals surface area contributed by atoms with Crippen LogP contribution in [0.3, 0.4) is 0 Å². The normalized spacial score (nSPS) is 16.3. The second-order valence-corrected chi connectivity index (χ2v) is 14.7. The number of anilines is 1. The number of carboxylic acid groups (broad SMARTS) is 1. The number of ketones is 1. The summed E-state index contributed by atoms with van der Waals surface area (Å²) in [4.78, 5) is 92.8. The molecule has 1 aliphatic heterocycles. The first-order chi connectivity index (χ1) is 27.4. The zero-order valence-corrected chi connectivity index (χ0v) is 32.4. The molecule has 2 aliphatic rings. The summed E-state index contributed by atoms with van der Waals surface area (Å²) >= 11 is 5.68. The first-order valence-electron chi connectivity index (χ1n) is 19.2. The summed E-state index contributed by atoms with van der Waals surface area (Å²) in [6, 6.07) is 17.0. The van der Waals surface area contributed by atoms with Crippen LogP contribution in [0.5, 0.6) is 0 Å². The molecule has 3 aromatic rings. The van der Waals surface area contributed by atoms with E-state index in [0.717, 1.165) is 27.5 Å². The molecule has 302 valence electrons. The average Bonchev–Trinajstić information content (AvgIpc) is 3.62. The van der Waals surface area contributed by atoms with Gasteiger partial charge in [0.2, 0.25) is 23.6 Å². The first-order valence-corrected chi connectivity index (χ1v) is 19.8. The molecule has 57 heavy (non-hydrogen) atoms. The number of hydrogen-bond donors (Lipinski definition) is 6. The molecule has 6 amide bonds. The molecule has 15 heteroatoms. The van der Waals surface area contributed by atoms with Crippen LogP contribution in [0.2, 0.25) is 0 Å². The van der Waals surface area contributed by atoms with Gasteiger partial charge >= 0.3 is 12.0 Å². The van der Waals surface area contributed by atoms with Crippen molar-refractivity contribution >= 4 is 75.0 Å². The molecule has 0 radical (unpaired) electrons. The minimum atomic E-state index is -1.22. The van der Waals surface area contributed by atoms with Gasteiger partial charge < -0.3 is 37.0 Å². The van der Waals surface area contributed by atoms with Gasteiger partial charge in [-0.1, -0.05) is 60.7 Å². The van der Waals surface area contributed by atoms with Crippen LogP contribution in [-0.2, 0) is 35.2 Å². The van der Waals surface area contributed by atoms with Crippen LogP contribution in [-0.4, -0.2) is 88.5 Å². The van der Waals surface area contributed by atoms with Crippen molar-refractivity contribution in [3.8, 4) is 0 Å². The summed E-state index contributed by atoms with van der Waals surface area (Å²) in [5.74, 6) is -5.06. The van der Waals surface area contributed by atoms with E-state index in [1.165, 1.54) is 4.90 Å². The molecule has 3 aromatic carbocycles. The maximum Gasteiger partial charge on any atom is 0.312 e. The number of halogens is 1. The summed E-state index contributed by atoms with van der Waals surface area (Å²) in [6.07, 6.45) is 4.03. The zero-order chi connectivity index (χ0) is 40.9. The number of primary amides is 1. The molecular formula is C42H49ClN6O8. The molecule has 1 aliphatic carbocycles. The van der Waals surface area contributed by atoms with Crippen molar-refractivity contribution in [2.24, 2.45) is 11.7 Å². The minimum Gasteiger partial charge on any atom is -0.481 e. The molecule has 14 nitrogen and oxygen atoms in total. The number of aliphatic carboxylic acids is 1. The van der Waals surface area contributed by atoms with Crippen molar-refractivity contribution in [1.29, 1.82) is 0 Å². The summed E-state index contributed by atoms with van der Waals surface area (Å²) in [7, 11) is 0. The Morgan fingerprint density at radius 2 is 1.65 bits per heavy atom. The maximum absolute atomic E-state index is 14.5. The van der Waals surface area contributed by atoms with E-state index in [2.05, 4.69) is 21.3 Å². The van der Waals surface area contributed by atoms with E-state index in [-0.39, 0.29) is 45.2 Å². The molecule has 0 aromatic heterocycles. The number of nitrogens with zero attached hydrogens (tertiary/aromatic N) is 1. The SMILES string of the molecule is NC(=O)NCCC[C@H](CC(=O)[C@H](CC1=CCc2ccccc21)NC(=O)[C@@H]1CCCCN1C(=O)[C@H](CCC(=O)O)NC(=O)CCl)C(=O)Nc1ccc2ccccc2c1. The van der Waals surface area contributed by atoms with Gasteiger partial charge in [-0.25, -0.2) is 4.79 Å². The Hall–Kier alpha value is -5.76. The fourth-order valence-corrected chi connectivity index (χ4v) is 7.57. The van der Waals surface area contributed by atoms with Crippen molar-refractivity contribution in [1.82, 2.24) is 20.9 Å². The topological polar surface area (TPSA) is 217 Å². The highest BCUT2D eigenvalue weighted by Gasteiger charge is 2.38. The van der Waals surface area contributed by atoms with Gasteiger partial charge in [0.1, 0.15) is 18.0 Å². The van der Waals surface area contributed by atoms with E-state index >= 15 is 0 Å². The number of allylic oxidation sites excluding steroid dienone is 1. The lowest BCUT2D eigenvalue weighted by atomic mass is 9.89. The number of carbonyl (C=O) groups excluding carboxylic acids is 6. The van der Waals surface area contributed by atoms with Crippen LogP contribution in [0, 0.1) is 5.92 Å². The lowest BCUT2D eigenvalue weighted by molar-refractivity contribution is -0.146. The summed E-state index contributed by atoms with van der Waals surface area (Å²) in [5, 5.41) is 22.1. The van der Waals surface area contributed by atoms with E-state index in [1.54, 1.807) is 6.07 Å². The number of rotatable bonds is 19. The Kier molecular flexibility index (Phi) is 15.2. The number of fused-ring (bicyclic) bond motifs is 2. The molecule has 7 N–H and O–H groups in total. The molecule has 5 rings (SSSR count). The van der Waals surface area contributed by atoms with Crippen molar-refractivity contribution in [2.45, 2.75) is 82.3 Å². The monoisotopic (exact) mass is 800 g/mol. The first kappa shape index (κ1) is 42.4. The number of benzene rings is 3. The lowest BCUT2D eigenvalue weighted by Crippen LogP contribution is -2.59. The van der Waals surface area contributed by atoms with Gasteiger partial charge in [0, 0.05) is 44.0 Å². The number of Topliss-reactive ketones (excluding diaryl/α,β-unsaturated/α-hetero) is 1. The minimum absolute atomic E-state index is 0.136. The molecule has 1 heterocycles. The number of alkyl halides is 1. The van der Waals surface area contributed by atoms with E-state index in [0.29, 0.717) is 31.4 Å². The van der Waals surface area contributed by atoms with Crippen LogP contribution in [0.1, 0.15) is 68.9 Å². The molecule has 0 unspecified atom stereocenters. The Morgan fingerprint density at radius 1 is 0.895 bits per heavy atom. The van der Waals surface area contributed by atoms with Crippen molar-refractivity contribution < 1.29 is 38.7 Å². The van der Waals surface area contributed by atoms with E-state index in [1.807, 2.05) is 66.7 Å². The van der Waals surface area contributed by atoms with Crippen molar-refractivity contribution in [3.63, 3.8) is 0 Å². The van der Waals surface area contributed by atoms with Gasteiger partial charge in [-0.2, -0.15) is 0 Å². The van der Waals surface area contributed by atoms with Gasteiger partial charge in [-0.15, -0.1) is 11.6 Å². The highest BCUT2D eigenvalue weighted by atomic mass is 35.5. The average molecular weight is 801 g/mol. The number of nitrogens with two attached hydrogens (primary N) is 1. The standard InChI is InChI=1S/C42H49ClN6O8/c43-25-37(51)47-33(18-19-38(52)53)41(56)49-21-6-5-13-35(49)40(55)48-34(23-29-15-14-27-9-3-4-12-32(27)29)36(50)24-30(11-7-20-45-42(44)57)39(54)46-31-17-16-26-8-1-2-10-28(26)22-31/h1-4,8-10,12,15-17,22,30,33-35H,5-7,11,13-14,18-21,23-25H2,(H,46,54)(H,47,51)(H,48,55)(H,52,53)(H3,44,45,57)/t30-,33+,34+,35+/m1/s1. The Morgan fingerprint density at radius 3 is 2.40 bits per heavy atom. The fraction of sp³-hybridized carbons (Fsp3) is 0.405. The molecule has 4 atom stereocenters. The van der Waals surface area contributed by atoms with Gasteiger partial charge in [-0.3, -0.25) is 28.8 Å². The third-order valence-electron chi connectivity index (χ3n) is 10.4. The summed E-state index contributed by atoms with van der Waals surface area (Å²) < 4.78 is 0. The lowest BCUT2D eigenvalue weighted by Gasteiger charge is -2.37. The maximum atomic E-state index is 14.5. The van der Waals surface area contributed by atoms with Crippen LogP contribution >= 0.6 is 11.6 Å². The highest BCUT2D eigenvalue weighted by molar-refractivity contribution is 6.27. The smallest absolute Gasteiger partial charge is 0.312 e. The third kappa shape index (κ3) is 11.9. The number of carboxylic acids is 1. The predicted octanol–water partition coefficient (Wildman–Crippen LogP) is 4.29. The molecule has 0 bridgehead atoms. The largest absolute Gasteiger partial charge is 0.481 e. The van der Waals surface area contributed by atoms with E-state index < -0.39 is 77.8 Å². The Labute approximate surface area is 335 Å². The molecule has 0 saturated carbocycles. The summed E-state index contributed by atoms with van der Waals surface area (Å²) in [5.41, 5.74) is 8.70. The second kappa shape index (κ2) is 20.4. The Balaban J connectivity index is 1.39. The van der Waals surface area contributed by atoms with Gasteiger partial charge in [0.05, 0.1) is 6.04 Å². The number of amides is 6. The second-order valence-electron chi connectivity index (χ2n) is 14.4.